The molecule has 2 heteroatoms. The average molecular weight is 257 g/mol. The van der Waals surface area contributed by atoms with Gasteiger partial charge < -0.3 is 9.73 Å². The first-order valence-electron chi connectivity index (χ1n) is 6.95. The SMILES string of the molecule is CCNC(Cc1ccc(C)c(C)c1)c1ccoc1C. The third-order valence-corrected chi connectivity index (χ3v) is 3.74. The van der Waals surface area contributed by atoms with Crippen molar-refractivity contribution < 1.29 is 4.42 Å². The van der Waals surface area contributed by atoms with Crippen molar-refractivity contribution in [2.24, 2.45) is 0 Å². The van der Waals surface area contributed by atoms with E-state index in [4.69, 9.17) is 4.42 Å². The van der Waals surface area contributed by atoms with Gasteiger partial charge in [0, 0.05) is 11.6 Å². The lowest BCUT2D eigenvalue weighted by molar-refractivity contribution is 0.501. The maximum Gasteiger partial charge on any atom is 0.105 e. The molecule has 0 saturated heterocycles. The van der Waals surface area contributed by atoms with E-state index in [2.05, 4.69) is 50.4 Å². The van der Waals surface area contributed by atoms with Gasteiger partial charge in [-0.2, -0.15) is 0 Å². The minimum atomic E-state index is 0.325. The quantitative estimate of drug-likeness (QED) is 0.872. The lowest BCUT2D eigenvalue weighted by Crippen LogP contribution is -2.23. The summed E-state index contributed by atoms with van der Waals surface area (Å²) in [5.74, 6) is 1.01. The first kappa shape index (κ1) is 13.9. The van der Waals surface area contributed by atoms with Crippen molar-refractivity contribution in [1.29, 1.82) is 0 Å². The molecule has 0 fully saturated rings. The van der Waals surface area contributed by atoms with Gasteiger partial charge in [0.05, 0.1) is 6.26 Å². The second kappa shape index (κ2) is 6.07. The van der Waals surface area contributed by atoms with Crippen LogP contribution in [0.25, 0.3) is 0 Å². The summed E-state index contributed by atoms with van der Waals surface area (Å²) in [6.45, 7) is 9.45. The molecule has 1 aromatic carbocycles. The lowest BCUT2D eigenvalue weighted by atomic mass is 9.97. The molecule has 1 atom stereocenters. The van der Waals surface area contributed by atoms with E-state index in [9.17, 15) is 0 Å². The van der Waals surface area contributed by atoms with Gasteiger partial charge in [-0.3, -0.25) is 0 Å². The standard InChI is InChI=1S/C17H23NO/c1-5-18-17(16-8-9-19-14(16)4)11-15-7-6-12(2)13(3)10-15/h6-10,17-18H,5,11H2,1-4H3. The molecule has 1 aromatic heterocycles. The summed E-state index contributed by atoms with van der Waals surface area (Å²) in [4.78, 5) is 0. The average Bonchev–Trinajstić information content (AvgIpc) is 2.79. The number of rotatable bonds is 5. The molecule has 19 heavy (non-hydrogen) atoms. The van der Waals surface area contributed by atoms with Crippen LogP contribution in [0.2, 0.25) is 0 Å². The van der Waals surface area contributed by atoms with Gasteiger partial charge in [0.1, 0.15) is 5.76 Å². The number of nitrogens with one attached hydrogen (secondary N) is 1. The van der Waals surface area contributed by atoms with Gasteiger partial charge >= 0.3 is 0 Å². The Morgan fingerprint density at radius 2 is 1.89 bits per heavy atom. The van der Waals surface area contributed by atoms with Crippen LogP contribution < -0.4 is 5.32 Å². The molecule has 0 spiro atoms. The van der Waals surface area contributed by atoms with Crippen molar-refractivity contribution in [2.75, 3.05) is 6.54 Å². The maximum atomic E-state index is 5.43. The number of likely N-dealkylation sites (N-methyl/N-ethyl adjacent to an activating group) is 1. The number of hydrogen-bond donors (Lipinski definition) is 1. The normalized spacial score (nSPS) is 12.6. The van der Waals surface area contributed by atoms with Crippen molar-refractivity contribution in [3.05, 3.63) is 58.5 Å². The maximum absolute atomic E-state index is 5.43. The Morgan fingerprint density at radius 3 is 2.47 bits per heavy atom. The monoisotopic (exact) mass is 257 g/mol. The highest BCUT2D eigenvalue weighted by Crippen LogP contribution is 2.23. The van der Waals surface area contributed by atoms with Gasteiger partial charge in [-0.1, -0.05) is 25.1 Å². The highest BCUT2D eigenvalue weighted by atomic mass is 16.3. The molecular formula is C17H23NO. The minimum absolute atomic E-state index is 0.325. The molecule has 0 aliphatic heterocycles. The summed E-state index contributed by atoms with van der Waals surface area (Å²) >= 11 is 0. The Bertz CT molecular complexity index is 542. The molecule has 0 aliphatic carbocycles. The van der Waals surface area contributed by atoms with Gasteiger partial charge in [0.25, 0.3) is 0 Å². The van der Waals surface area contributed by atoms with E-state index < -0.39 is 0 Å². The predicted molar refractivity (Wildman–Crippen MR) is 79.5 cm³/mol. The zero-order valence-electron chi connectivity index (χ0n) is 12.3. The molecule has 0 radical (unpaired) electrons. The Morgan fingerprint density at radius 1 is 1.11 bits per heavy atom. The third kappa shape index (κ3) is 3.27. The number of aryl methyl sites for hydroxylation is 3. The van der Waals surface area contributed by atoms with E-state index in [0.717, 1.165) is 18.7 Å². The molecule has 2 aromatic rings. The third-order valence-electron chi connectivity index (χ3n) is 3.74. The van der Waals surface area contributed by atoms with Crippen LogP contribution >= 0.6 is 0 Å². The van der Waals surface area contributed by atoms with Gasteiger partial charge in [-0.25, -0.2) is 0 Å². The van der Waals surface area contributed by atoms with Gasteiger partial charge in [0.15, 0.2) is 0 Å². The van der Waals surface area contributed by atoms with Crippen molar-refractivity contribution in [1.82, 2.24) is 5.32 Å². The topological polar surface area (TPSA) is 25.2 Å². The van der Waals surface area contributed by atoms with Crippen molar-refractivity contribution >= 4 is 0 Å². The molecule has 0 saturated carbocycles. The van der Waals surface area contributed by atoms with Crippen LogP contribution in [0.15, 0.2) is 34.9 Å². The molecule has 1 heterocycles. The van der Waals surface area contributed by atoms with Crippen LogP contribution in [-0.4, -0.2) is 6.54 Å². The van der Waals surface area contributed by atoms with Crippen LogP contribution in [0.1, 0.15) is 41.0 Å². The molecule has 0 aliphatic rings. The van der Waals surface area contributed by atoms with E-state index in [1.54, 1.807) is 6.26 Å². The summed E-state index contributed by atoms with van der Waals surface area (Å²) in [5, 5.41) is 3.55. The summed E-state index contributed by atoms with van der Waals surface area (Å²) in [6, 6.07) is 9.11. The molecule has 0 amide bonds. The van der Waals surface area contributed by atoms with Crippen molar-refractivity contribution in [2.45, 2.75) is 40.2 Å². The summed E-state index contributed by atoms with van der Waals surface area (Å²) in [5.41, 5.74) is 5.34. The van der Waals surface area contributed by atoms with Crippen LogP contribution in [-0.2, 0) is 6.42 Å². The highest BCUT2D eigenvalue weighted by Gasteiger charge is 2.15. The van der Waals surface area contributed by atoms with Gasteiger partial charge in [-0.15, -0.1) is 0 Å². The number of furan rings is 1. The minimum Gasteiger partial charge on any atom is -0.469 e. The summed E-state index contributed by atoms with van der Waals surface area (Å²) < 4.78 is 5.43. The second-order valence-electron chi connectivity index (χ2n) is 5.17. The largest absolute Gasteiger partial charge is 0.469 e. The van der Waals surface area contributed by atoms with Crippen LogP contribution in [0.3, 0.4) is 0 Å². The number of hydrogen-bond acceptors (Lipinski definition) is 2. The Balaban J connectivity index is 2.21. The van der Waals surface area contributed by atoms with Crippen LogP contribution in [0.4, 0.5) is 0 Å². The highest BCUT2D eigenvalue weighted by molar-refractivity contribution is 5.32. The first-order chi connectivity index (χ1) is 9.11. The molecule has 2 nitrogen and oxygen atoms in total. The fraction of sp³-hybridized carbons (Fsp3) is 0.412. The fourth-order valence-electron chi connectivity index (χ4n) is 2.46. The lowest BCUT2D eigenvalue weighted by Gasteiger charge is -2.18. The summed E-state index contributed by atoms with van der Waals surface area (Å²) in [6.07, 6.45) is 2.77. The smallest absolute Gasteiger partial charge is 0.105 e. The van der Waals surface area contributed by atoms with E-state index in [-0.39, 0.29) is 0 Å². The zero-order valence-corrected chi connectivity index (χ0v) is 12.3. The van der Waals surface area contributed by atoms with Crippen LogP contribution in [0, 0.1) is 20.8 Å². The molecule has 0 bridgehead atoms. The predicted octanol–water partition coefficient (Wildman–Crippen LogP) is 4.10. The Labute approximate surface area is 115 Å². The molecule has 2 rings (SSSR count). The van der Waals surface area contributed by atoms with Crippen molar-refractivity contribution in [3.63, 3.8) is 0 Å². The summed E-state index contributed by atoms with van der Waals surface area (Å²) in [7, 11) is 0. The van der Waals surface area contributed by atoms with E-state index in [1.165, 1.54) is 22.3 Å². The molecule has 1 N–H and O–H groups in total. The van der Waals surface area contributed by atoms with Gasteiger partial charge in [-0.05, 0) is 56.5 Å². The van der Waals surface area contributed by atoms with Gasteiger partial charge in [0.2, 0.25) is 0 Å². The van der Waals surface area contributed by atoms with E-state index in [1.807, 2.05) is 6.92 Å². The van der Waals surface area contributed by atoms with E-state index >= 15 is 0 Å². The first-order valence-corrected chi connectivity index (χ1v) is 6.95. The van der Waals surface area contributed by atoms with Crippen LogP contribution in [0.5, 0.6) is 0 Å². The molecule has 102 valence electrons. The van der Waals surface area contributed by atoms with Crippen molar-refractivity contribution in [3.8, 4) is 0 Å². The zero-order chi connectivity index (χ0) is 13.8. The number of benzene rings is 1. The fourth-order valence-corrected chi connectivity index (χ4v) is 2.46. The second-order valence-corrected chi connectivity index (χ2v) is 5.17. The Kier molecular flexibility index (Phi) is 4.43. The molecule has 1 unspecified atom stereocenters. The van der Waals surface area contributed by atoms with E-state index in [0.29, 0.717) is 6.04 Å². The Hall–Kier alpha value is -1.54. The molecular weight excluding hydrogens is 234 g/mol.